The van der Waals surface area contributed by atoms with Crippen LogP contribution in [0, 0.1) is 0 Å². The molecule has 32 heavy (non-hydrogen) atoms. The third kappa shape index (κ3) is 3.00. The number of hydrogen-bond donors (Lipinski definition) is 2. The molecule has 4 heterocycles. The molecule has 1 amide bonds. The largest absolute Gasteiger partial charge is 0.436 e. The highest BCUT2D eigenvalue weighted by molar-refractivity contribution is 6.20. The third-order valence-electron chi connectivity index (χ3n) is 5.80. The van der Waals surface area contributed by atoms with Crippen LogP contribution >= 0.6 is 0 Å². The van der Waals surface area contributed by atoms with Gasteiger partial charge in [0.05, 0.1) is 5.92 Å². The van der Waals surface area contributed by atoms with Gasteiger partial charge in [-0.2, -0.15) is 13.2 Å². The predicted octanol–water partition coefficient (Wildman–Crippen LogP) is 2.25. The number of aromatic nitrogens is 2. The molecule has 0 saturated carbocycles. The first-order valence-electron chi connectivity index (χ1n) is 9.82. The SMILES string of the molecule is CC1=C(c2nc3c(=O)n(C)ccc3o2)C(=O)N2NC(C(F)(F)F)C(c3ccccc3)C2N1. The second-order valence-corrected chi connectivity index (χ2v) is 7.81. The minimum atomic E-state index is -4.60. The number of halogens is 3. The summed E-state index contributed by atoms with van der Waals surface area (Å²) in [5.74, 6) is -1.93. The highest BCUT2D eigenvalue weighted by Crippen LogP contribution is 2.42. The minimum absolute atomic E-state index is 0.0323. The summed E-state index contributed by atoms with van der Waals surface area (Å²) in [5, 5.41) is 3.95. The van der Waals surface area contributed by atoms with Crippen LogP contribution in [-0.4, -0.2) is 38.9 Å². The number of alkyl halides is 3. The summed E-state index contributed by atoms with van der Waals surface area (Å²) in [6.07, 6.45) is -4.08. The number of nitrogens with zero attached hydrogens (tertiary/aromatic N) is 3. The van der Waals surface area contributed by atoms with Gasteiger partial charge in [0.2, 0.25) is 5.89 Å². The third-order valence-corrected chi connectivity index (χ3v) is 5.80. The summed E-state index contributed by atoms with van der Waals surface area (Å²) in [4.78, 5) is 29.8. The molecule has 5 rings (SSSR count). The van der Waals surface area contributed by atoms with E-state index in [9.17, 15) is 22.8 Å². The zero-order valence-electron chi connectivity index (χ0n) is 17.0. The second-order valence-electron chi connectivity index (χ2n) is 7.81. The number of hydrogen-bond acceptors (Lipinski definition) is 6. The molecule has 2 aliphatic heterocycles. The Morgan fingerprint density at radius 2 is 1.84 bits per heavy atom. The quantitative estimate of drug-likeness (QED) is 0.629. The Kier molecular flexibility index (Phi) is 4.41. The zero-order valence-corrected chi connectivity index (χ0v) is 17.0. The first-order valence-corrected chi connectivity index (χ1v) is 9.82. The van der Waals surface area contributed by atoms with Crippen LogP contribution in [0.25, 0.3) is 16.7 Å². The van der Waals surface area contributed by atoms with E-state index in [-0.39, 0.29) is 22.6 Å². The minimum Gasteiger partial charge on any atom is -0.436 e. The van der Waals surface area contributed by atoms with Crippen molar-refractivity contribution in [3.05, 3.63) is 70.1 Å². The van der Waals surface area contributed by atoms with Crippen LogP contribution in [0.2, 0.25) is 0 Å². The number of fused-ring (bicyclic) bond motifs is 2. The number of rotatable bonds is 2. The lowest BCUT2D eigenvalue weighted by molar-refractivity contribution is -0.161. The normalized spacial score (nSPS) is 23.6. The lowest BCUT2D eigenvalue weighted by Crippen LogP contribution is -2.54. The number of hydrazine groups is 1. The monoisotopic (exact) mass is 445 g/mol. The van der Waals surface area contributed by atoms with Gasteiger partial charge < -0.3 is 14.3 Å². The van der Waals surface area contributed by atoms with Crippen molar-refractivity contribution >= 4 is 22.6 Å². The molecule has 2 aliphatic rings. The van der Waals surface area contributed by atoms with Crippen LogP contribution < -0.4 is 16.3 Å². The van der Waals surface area contributed by atoms with Gasteiger partial charge in [-0.25, -0.2) is 15.4 Å². The molecule has 0 bridgehead atoms. The van der Waals surface area contributed by atoms with E-state index in [2.05, 4.69) is 15.7 Å². The number of pyridine rings is 1. The molecule has 1 saturated heterocycles. The molecule has 0 spiro atoms. The fraction of sp³-hybridized carbons (Fsp3) is 0.286. The van der Waals surface area contributed by atoms with E-state index >= 15 is 0 Å². The highest BCUT2D eigenvalue weighted by Gasteiger charge is 2.58. The van der Waals surface area contributed by atoms with Crippen LogP contribution in [-0.2, 0) is 11.8 Å². The molecule has 1 fully saturated rings. The van der Waals surface area contributed by atoms with Gasteiger partial charge >= 0.3 is 6.18 Å². The van der Waals surface area contributed by atoms with Gasteiger partial charge in [0.1, 0.15) is 17.8 Å². The number of carbonyl (C=O) groups is 1. The van der Waals surface area contributed by atoms with Gasteiger partial charge in [0, 0.05) is 18.9 Å². The average molecular weight is 445 g/mol. The van der Waals surface area contributed by atoms with Gasteiger partial charge in [0.25, 0.3) is 11.5 Å². The molecule has 166 valence electrons. The van der Waals surface area contributed by atoms with Crippen molar-refractivity contribution in [1.29, 1.82) is 0 Å². The van der Waals surface area contributed by atoms with Crippen molar-refractivity contribution in [3.63, 3.8) is 0 Å². The molecule has 2 aromatic heterocycles. The summed E-state index contributed by atoms with van der Waals surface area (Å²) in [6, 6.07) is 7.79. The number of benzene rings is 1. The van der Waals surface area contributed by atoms with Gasteiger partial charge in [0.15, 0.2) is 11.1 Å². The van der Waals surface area contributed by atoms with Gasteiger partial charge in [-0.3, -0.25) is 9.59 Å². The lowest BCUT2D eigenvalue weighted by atomic mass is 9.89. The Labute approximate surface area is 179 Å². The number of oxazole rings is 1. The number of allylic oxidation sites excluding steroid dienone is 1. The Morgan fingerprint density at radius 3 is 2.53 bits per heavy atom. The summed E-state index contributed by atoms with van der Waals surface area (Å²) in [7, 11) is 1.55. The molecule has 0 aliphatic carbocycles. The molecule has 2 N–H and O–H groups in total. The molecular weight excluding hydrogens is 427 g/mol. The summed E-state index contributed by atoms with van der Waals surface area (Å²) < 4.78 is 48.6. The molecule has 3 atom stereocenters. The van der Waals surface area contributed by atoms with Crippen LogP contribution in [0.1, 0.15) is 24.3 Å². The van der Waals surface area contributed by atoms with Crippen molar-refractivity contribution in [3.8, 4) is 0 Å². The molecule has 3 unspecified atom stereocenters. The summed E-state index contributed by atoms with van der Waals surface area (Å²) >= 11 is 0. The Morgan fingerprint density at radius 1 is 1.12 bits per heavy atom. The van der Waals surface area contributed by atoms with Crippen LogP contribution in [0.15, 0.2) is 57.5 Å². The van der Waals surface area contributed by atoms with Crippen LogP contribution in [0.3, 0.4) is 0 Å². The summed E-state index contributed by atoms with van der Waals surface area (Å²) in [6.45, 7) is 1.57. The number of aryl methyl sites for hydroxylation is 1. The molecule has 8 nitrogen and oxygen atoms in total. The first kappa shape index (κ1) is 20.3. The van der Waals surface area contributed by atoms with E-state index in [1.165, 1.54) is 16.8 Å². The molecule has 11 heteroatoms. The van der Waals surface area contributed by atoms with Gasteiger partial charge in [-0.05, 0) is 18.6 Å². The van der Waals surface area contributed by atoms with Crippen molar-refractivity contribution in [1.82, 2.24) is 25.3 Å². The second kappa shape index (κ2) is 6.95. The fourth-order valence-electron chi connectivity index (χ4n) is 4.27. The standard InChI is InChI=1S/C21H18F3N5O3/c1-10-13(18-26-15-12(32-18)8-9-28(2)20(15)31)19(30)29-17(25-10)14(11-6-4-3-5-7-11)16(27-29)21(22,23)24/h3-9,14,16-17,25,27H,1-2H3. The number of amides is 1. The van der Waals surface area contributed by atoms with Gasteiger partial charge in [-0.1, -0.05) is 30.3 Å². The maximum Gasteiger partial charge on any atom is 0.406 e. The molecule has 0 radical (unpaired) electrons. The topological polar surface area (TPSA) is 92.4 Å². The molecule has 3 aromatic rings. The van der Waals surface area contributed by atoms with E-state index < -0.39 is 35.8 Å². The fourth-order valence-corrected chi connectivity index (χ4v) is 4.27. The van der Waals surface area contributed by atoms with Gasteiger partial charge in [-0.15, -0.1) is 0 Å². The molecular formula is C21H18F3N5O3. The van der Waals surface area contributed by atoms with E-state index in [0.717, 1.165) is 5.01 Å². The highest BCUT2D eigenvalue weighted by atomic mass is 19.4. The van der Waals surface area contributed by atoms with Crippen molar-refractivity contribution < 1.29 is 22.4 Å². The molecule has 1 aromatic carbocycles. The van der Waals surface area contributed by atoms with Crippen molar-refractivity contribution in [2.45, 2.75) is 31.2 Å². The van der Waals surface area contributed by atoms with E-state index in [1.807, 2.05) is 0 Å². The summed E-state index contributed by atoms with van der Waals surface area (Å²) in [5.41, 5.74) is 2.85. The van der Waals surface area contributed by atoms with E-state index in [1.54, 1.807) is 44.3 Å². The predicted molar refractivity (Wildman–Crippen MR) is 108 cm³/mol. The Hall–Kier alpha value is -3.60. The Bertz CT molecular complexity index is 1310. The maximum atomic E-state index is 13.9. The number of carbonyl (C=O) groups excluding carboxylic acids is 1. The van der Waals surface area contributed by atoms with E-state index in [4.69, 9.17) is 4.42 Å². The first-order chi connectivity index (χ1) is 15.2. The number of nitrogens with one attached hydrogen (secondary N) is 2. The zero-order chi connectivity index (χ0) is 22.8. The lowest BCUT2D eigenvalue weighted by Gasteiger charge is -2.34. The van der Waals surface area contributed by atoms with Crippen molar-refractivity contribution in [2.24, 2.45) is 7.05 Å². The Balaban J connectivity index is 1.59. The van der Waals surface area contributed by atoms with Crippen LogP contribution in [0.4, 0.5) is 13.2 Å². The van der Waals surface area contributed by atoms with E-state index in [0.29, 0.717) is 11.3 Å². The van der Waals surface area contributed by atoms with Crippen molar-refractivity contribution in [2.75, 3.05) is 0 Å². The smallest absolute Gasteiger partial charge is 0.406 e. The maximum absolute atomic E-state index is 13.9. The van der Waals surface area contributed by atoms with Crippen LogP contribution in [0.5, 0.6) is 0 Å². The average Bonchev–Trinajstić information content (AvgIpc) is 3.34.